The molecule has 3 N–H and O–H groups in total. The first-order valence-corrected chi connectivity index (χ1v) is 12.2. The van der Waals surface area contributed by atoms with Crippen molar-refractivity contribution in [3.8, 4) is 0 Å². The molecule has 3 rings (SSSR count). The third kappa shape index (κ3) is 6.79. The van der Waals surface area contributed by atoms with Gasteiger partial charge in [0.1, 0.15) is 12.2 Å². The molecule has 12 heteroatoms. The first-order valence-electron chi connectivity index (χ1n) is 10.6. The Labute approximate surface area is 207 Å². The van der Waals surface area contributed by atoms with Crippen LogP contribution in [0.15, 0.2) is 76.7 Å². The van der Waals surface area contributed by atoms with Crippen LogP contribution in [0.25, 0.3) is 0 Å². The second-order valence-electron chi connectivity index (χ2n) is 7.64. The monoisotopic (exact) mass is 512 g/mol. The number of nitrogens with two attached hydrogens (primary N) is 1. The Kier molecular flexibility index (Phi) is 8.22. The van der Waals surface area contributed by atoms with Crippen LogP contribution in [0, 0.1) is 6.92 Å². The van der Waals surface area contributed by atoms with Crippen molar-refractivity contribution in [1.82, 2.24) is 4.57 Å². The molecule has 0 aliphatic heterocycles. The molecule has 0 bridgehead atoms. The molecule has 0 radical (unpaired) electrons. The number of rotatable bonds is 9. The summed E-state index contributed by atoms with van der Waals surface area (Å²) < 4.78 is 33.0. The van der Waals surface area contributed by atoms with Crippen molar-refractivity contribution in [3.05, 3.63) is 99.5 Å². The van der Waals surface area contributed by atoms with Crippen LogP contribution < -0.4 is 16.0 Å². The zero-order valence-corrected chi connectivity index (χ0v) is 20.3. The maximum atomic E-state index is 12.9. The third-order valence-electron chi connectivity index (χ3n) is 4.99. The second kappa shape index (κ2) is 11.3. The molecule has 188 valence electrons. The number of aromatic nitrogens is 1. The largest absolute Gasteiger partial charge is 0.465 e. The molecule has 2 aromatic carbocycles. The highest BCUT2D eigenvalue weighted by Gasteiger charge is 2.17. The number of carbonyl (C=O) groups is 2. The SMILES string of the molecule is COC(=O)c1ccc(/C(N)=N\OC(=O)Cn2c(C)ccc(NS(=O)(=O)Cc3ccccc3)c2=O)cc1. The molecule has 0 saturated heterocycles. The summed E-state index contributed by atoms with van der Waals surface area (Å²) in [5.41, 5.74) is 6.54. The number of pyridine rings is 1. The van der Waals surface area contributed by atoms with E-state index in [0.717, 1.165) is 4.57 Å². The molecule has 0 spiro atoms. The van der Waals surface area contributed by atoms with Crippen LogP contribution in [0.3, 0.4) is 0 Å². The topological polar surface area (TPSA) is 159 Å². The van der Waals surface area contributed by atoms with E-state index in [1.165, 1.54) is 43.5 Å². The van der Waals surface area contributed by atoms with Crippen molar-refractivity contribution in [2.45, 2.75) is 19.2 Å². The number of benzene rings is 2. The first kappa shape index (κ1) is 26.2. The van der Waals surface area contributed by atoms with Gasteiger partial charge in [0.05, 0.1) is 18.4 Å². The highest BCUT2D eigenvalue weighted by Crippen LogP contribution is 2.11. The van der Waals surface area contributed by atoms with E-state index in [4.69, 9.17) is 10.6 Å². The van der Waals surface area contributed by atoms with Crippen LogP contribution in [0.1, 0.15) is 27.2 Å². The maximum absolute atomic E-state index is 12.9. The molecule has 0 aliphatic rings. The minimum absolute atomic E-state index is 0.133. The molecule has 0 aliphatic carbocycles. The lowest BCUT2D eigenvalue weighted by atomic mass is 10.1. The predicted octanol–water partition coefficient (Wildman–Crippen LogP) is 1.75. The van der Waals surface area contributed by atoms with Crippen molar-refractivity contribution in [2.75, 3.05) is 11.8 Å². The van der Waals surface area contributed by atoms with E-state index in [0.29, 0.717) is 22.4 Å². The van der Waals surface area contributed by atoms with Gasteiger partial charge in [-0.3, -0.25) is 14.1 Å². The molecule has 11 nitrogen and oxygen atoms in total. The molecule has 0 unspecified atom stereocenters. The minimum Gasteiger partial charge on any atom is -0.465 e. The van der Waals surface area contributed by atoms with Crippen LogP contribution in [-0.4, -0.2) is 37.9 Å². The third-order valence-corrected chi connectivity index (χ3v) is 6.24. The van der Waals surface area contributed by atoms with E-state index in [1.54, 1.807) is 37.3 Å². The lowest BCUT2D eigenvalue weighted by Crippen LogP contribution is -2.30. The smallest absolute Gasteiger partial charge is 0.354 e. The number of hydrogen-bond acceptors (Lipinski definition) is 8. The van der Waals surface area contributed by atoms with E-state index in [2.05, 4.69) is 14.6 Å². The Bertz CT molecular complexity index is 1450. The fourth-order valence-corrected chi connectivity index (χ4v) is 4.34. The number of amidine groups is 1. The molecular weight excluding hydrogens is 488 g/mol. The average molecular weight is 513 g/mol. The molecular formula is C24H24N4O7S. The number of nitrogens with zero attached hydrogens (tertiary/aromatic N) is 2. The zero-order chi connectivity index (χ0) is 26.3. The van der Waals surface area contributed by atoms with E-state index >= 15 is 0 Å². The summed E-state index contributed by atoms with van der Waals surface area (Å²) in [5.74, 6) is -1.88. The van der Waals surface area contributed by atoms with Crippen LogP contribution in [-0.2, 0) is 36.7 Å². The van der Waals surface area contributed by atoms with Gasteiger partial charge < -0.3 is 15.3 Å². The molecule has 1 aromatic heterocycles. The van der Waals surface area contributed by atoms with Crippen molar-refractivity contribution in [3.63, 3.8) is 0 Å². The van der Waals surface area contributed by atoms with E-state index in [-0.39, 0.29) is 17.3 Å². The number of oxime groups is 1. The standard InChI is InChI=1S/C24H24N4O7S/c1-16-8-13-20(27-36(32,33)15-17-6-4-3-5-7-17)23(30)28(16)14-21(29)35-26-22(25)18-9-11-19(12-10-18)24(31)34-2/h3-13,27H,14-15H2,1-2H3,(H2,25,26). The molecule has 36 heavy (non-hydrogen) atoms. The Morgan fingerprint density at radius 2 is 1.64 bits per heavy atom. The summed E-state index contributed by atoms with van der Waals surface area (Å²) >= 11 is 0. The minimum atomic E-state index is -3.88. The average Bonchev–Trinajstić information content (AvgIpc) is 2.86. The number of carbonyl (C=O) groups excluding carboxylic acids is 2. The number of nitrogens with one attached hydrogen (secondary N) is 1. The predicted molar refractivity (Wildman–Crippen MR) is 133 cm³/mol. The van der Waals surface area contributed by atoms with Crippen LogP contribution >= 0.6 is 0 Å². The molecule has 0 fully saturated rings. The fraction of sp³-hybridized carbons (Fsp3) is 0.167. The van der Waals surface area contributed by atoms with Crippen LogP contribution in [0.4, 0.5) is 5.69 Å². The first-order chi connectivity index (χ1) is 17.1. The van der Waals surface area contributed by atoms with Crippen molar-refractivity contribution in [2.24, 2.45) is 10.9 Å². The van der Waals surface area contributed by atoms with Gasteiger partial charge in [0.15, 0.2) is 5.84 Å². The van der Waals surface area contributed by atoms with Crippen molar-refractivity contribution >= 4 is 33.5 Å². The second-order valence-corrected chi connectivity index (χ2v) is 9.36. The number of ether oxygens (including phenoxy) is 1. The highest BCUT2D eigenvalue weighted by molar-refractivity contribution is 7.91. The summed E-state index contributed by atoms with van der Waals surface area (Å²) in [6.07, 6.45) is 0. The Morgan fingerprint density at radius 1 is 1.00 bits per heavy atom. The summed E-state index contributed by atoms with van der Waals surface area (Å²) in [6, 6.07) is 17.3. The number of sulfonamides is 1. The van der Waals surface area contributed by atoms with Crippen LogP contribution in [0.2, 0.25) is 0 Å². The van der Waals surface area contributed by atoms with Gasteiger partial charge in [0.2, 0.25) is 10.0 Å². The molecule has 0 atom stereocenters. The van der Waals surface area contributed by atoms with E-state index < -0.39 is 34.1 Å². The molecule has 1 heterocycles. The van der Waals surface area contributed by atoms with Gasteiger partial charge >= 0.3 is 11.9 Å². The summed E-state index contributed by atoms with van der Waals surface area (Å²) in [4.78, 5) is 41.5. The van der Waals surface area contributed by atoms with Crippen LogP contribution in [0.5, 0.6) is 0 Å². The van der Waals surface area contributed by atoms with E-state index in [9.17, 15) is 22.8 Å². The van der Waals surface area contributed by atoms with Gasteiger partial charge in [0, 0.05) is 11.3 Å². The molecule has 0 amide bonds. The van der Waals surface area contributed by atoms with Gasteiger partial charge in [0.25, 0.3) is 5.56 Å². The quantitative estimate of drug-likeness (QED) is 0.144. The molecule has 0 saturated carbocycles. The number of esters is 1. The van der Waals surface area contributed by atoms with Gasteiger partial charge in [-0.25, -0.2) is 18.0 Å². The van der Waals surface area contributed by atoms with Crippen molar-refractivity contribution in [1.29, 1.82) is 0 Å². The van der Waals surface area contributed by atoms with Crippen molar-refractivity contribution < 1.29 is 27.6 Å². The number of aryl methyl sites for hydroxylation is 1. The van der Waals surface area contributed by atoms with Gasteiger partial charge in [-0.2, -0.15) is 0 Å². The normalized spacial score (nSPS) is 11.6. The summed E-state index contributed by atoms with van der Waals surface area (Å²) in [6.45, 7) is 1.05. The number of hydrogen-bond donors (Lipinski definition) is 2. The number of anilines is 1. The van der Waals surface area contributed by atoms with Gasteiger partial charge in [-0.1, -0.05) is 47.6 Å². The summed E-state index contributed by atoms with van der Waals surface area (Å²) in [7, 11) is -2.62. The fourth-order valence-electron chi connectivity index (χ4n) is 3.15. The Balaban J connectivity index is 1.70. The van der Waals surface area contributed by atoms with Gasteiger partial charge in [-0.15, -0.1) is 0 Å². The maximum Gasteiger partial charge on any atom is 0.354 e. The number of methoxy groups -OCH3 is 1. The lowest BCUT2D eigenvalue weighted by molar-refractivity contribution is -0.144. The van der Waals surface area contributed by atoms with Gasteiger partial charge in [-0.05, 0) is 36.8 Å². The lowest BCUT2D eigenvalue weighted by Gasteiger charge is -2.12. The van der Waals surface area contributed by atoms with E-state index in [1.807, 2.05) is 0 Å². The summed E-state index contributed by atoms with van der Waals surface area (Å²) in [5, 5.41) is 3.58. The highest BCUT2D eigenvalue weighted by atomic mass is 32.2. The molecule has 3 aromatic rings. The zero-order valence-electron chi connectivity index (χ0n) is 19.5. The Morgan fingerprint density at radius 3 is 2.28 bits per heavy atom. The Hall–Kier alpha value is -4.45.